The molecule has 2 N–H and O–H groups in total. The Labute approximate surface area is 155 Å². The van der Waals surface area contributed by atoms with Crippen LogP contribution < -0.4 is 5.32 Å². The van der Waals surface area contributed by atoms with Crippen LogP contribution in [0.15, 0.2) is 30.3 Å². The van der Waals surface area contributed by atoms with E-state index in [1.54, 1.807) is 38.1 Å². The number of thioether (sulfide) groups is 1. The summed E-state index contributed by atoms with van der Waals surface area (Å²) in [6.07, 6.45) is 0.0340. The van der Waals surface area contributed by atoms with Gasteiger partial charge in [0.15, 0.2) is 5.78 Å². The number of hydrogen-bond donors (Lipinski definition) is 2. The molecule has 2 aliphatic heterocycles. The summed E-state index contributed by atoms with van der Waals surface area (Å²) in [4.78, 5) is 50.5. The molecule has 26 heavy (non-hydrogen) atoms. The lowest BCUT2D eigenvalue weighted by Crippen LogP contribution is -2.82. The number of benzene rings is 1. The minimum absolute atomic E-state index is 0.0340. The predicted molar refractivity (Wildman–Crippen MR) is 95.4 cm³/mol. The van der Waals surface area contributed by atoms with Gasteiger partial charge in [-0.1, -0.05) is 30.3 Å². The summed E-state index contributed by atoms with van der Waals surface area (Å²) in [6.45, 7) is 4.69. The van der Waals surface area contributed by atoms with Crippen LogP contribution in [0.5, 0.6) is 0 Å². The minimum atomic E-state index is -1.70. The van der Waals surface area contributed by atoms with E-state index in [-0.39, 0.29) is 6.42 Å². The van der Waals surface area contributed by atoms with Crippen molar-refractivity contribution in [2.75, 3.05) is 0 Å². The molecule has 8 heteroatoms. The van der Waals surface area contributed by atoms with Crippen molar-refractivity contribution in [1.82, 2.24) is 10.2 Å². The number of carbonyl (C=O) groups excluding carboxylic acids is 3. The summed E-state index contributed by atoms with van der Waals surface area (Å²) < 4.78 is -0.770. The van der Waals surface area contributed by atoms with Crippen LogP contribution in [-0.2, 0) is 25.6 Å². The van der Waals surface area contributed by atoms with Gasteiger partial charge in [0, 0.05) is 4.75 Å². The molecule has 3 rings (SSSR count). The number of rotatable bonds is 5. The molecule has 2 fully saturated rings. The molecular formula is C18H20N2O5S. The number of nitrogens with one attached hydrogen (secondary N) is 1. The van der Waals surface area contributed by atoms with E-state index < -0.39 is 45.3 Å². The number of β-lactam (4-membered cyclic amide) rings is 1. The fourth-order valence-electron chi connectivity index (χ4n) is 3.63. The second-order valence-electron chi connectivity index (χ2n) is 7.10. The lowest BCUT2D eigenvalue weighted by atomic mass is 9.81. The molecule has 0 radical (unpaired) electrons. The summed E-state index contributed by atoms with van der Waals surface area (Å²) in [6, 6.07) is 7.95. The van der Waals surface area contributed by atoms with Crippen LogP contribution in [-0.4, -0.2) is 55.3 Å². The van der Waals surface area contributed by atoms with Gasteiger partial charge in [0.1, 0.15) is 11.4 Å². The van der Waals surface area contributed by atoms with Crippen molar-refractivity contribution >= 4 is 35.3 Å². The largest absolute Gasteiger partial charge is 0.480 e. The third-order valence-electron chi connectivity index (χ3n) is 4.88. The van der Waals surface area contributed by atoms with Crippen LogP contribution in [0.1, 0.15) is 26.3 Å². The lowest BCUT2D eigenvalue weighted by Gasteiger charge is -2.51. The number of carboxylic acid groups (broad SMARTS) is 1. The molecule has 138 valence electrons. The van der Waals surface area contributed by atoms with E-state index in [1.807, 2.05) is 6.07 Å². The third kappa shape index (κ3) is 2.59. The first-order valence-corrected chi connectivity index (χ1v) is 9.08. The Kier molecular flexibility index (Phi) is 4.34. The number of carboxylic acids is 1. The quantitative estimate of drug-likeness (QED) is 0.582. The van der Waals surface area contributed by atoms with Gasteiger partial charge in [0.05, 0.1) is 6.42 Å². The maximum Gasteiger partial charge on any atom is 0.327 e. The highest BCUT2D eigenvalue weighted by Gasteiger charge is 2.74. The van der Waals surface area contributed by atoms with Gasteiger partial charge in [-0.15, -0.1) is 11.8 Å². The molecule has 3 atom stereocenters. The van der Waals surface area contributed by atoms with E-state index in [2.05, 4.69) is 5.32 Å². The summed E-state index contributed by atoms with van der Waals surface area (Å²) in [7, 11) is 0. The van der Waals surface area contributed by atoms with E-state index in [0.29, 0.717) is 0 Å². The summed E-state index contributed by atoms with van der Waals surface area (Å²) in [5, 5.41) is 11.4. The number of fused-ring (bicyclic) bond motifs is 1. The normalized spacial score (nSPS) is 28.9. The van der Waals surface area contributed by atoms with Gasteiger partial charge < -0.3 is 15.3 Å². The zero-order chi connectivity index (χ0) is 19.3. The van der Waals surface area contributed by atoms with Crippen molar-refractivity contribution in [3.8, 4) is 0 Å². The van der Waals surface area contributed by atoms with Gasteiger partial charge in [-0.2, -0.15) is 0 Å². The Morgan fingerprint density at radius 1 is 1.23 bits per heavy atom. The Morgan fingerprint density at radius 2 is 1.85 bits per heavy atom. The monoisotopic (exact) mass is 376 g/mol. The molecule has 1 aromatic rings. The van der Waals surface area contributed by atoms with Crippen LogP contribution >= 0.6 is 11.8 Å². The first kappa shape index (κ1) is 18.4. The maximum absolute atomic E-state index is 12.8. The zero-order valence-corrected chi connectivity index (χ0v) is 15.5. The van der Waals surface area contributed by atoms with Gasteiger partial charge in [-0.05, 0) is 26.3 Å². The van der Waals surface area contributed by atoms with E-state index in [9.17, 15) is 24.3 Å². The summed E-state index contributed by atoms with van der Waals surface area (Å²) in [5.74, 6) is -2.70. The SMILES string of the molecule is CC(=O)C1(NC(=O)Cc2ccccc2)C(=O)N2[C@@H](C(=O)O)C(C)(C)S[C@@H]21. The molecule has 0 aromatic heterocycles. The van der Waals surface area contributed by atoms with Crippen molar-refractivity contribution in [3.05, 3.63) is 35.9 Å². The number of Topliss-reactive ketones (excluding diaryl/α,β-unsaturated/α-hetero) is 1. The standard InChI is InChI=1S/C18H20N2O5S/c1-10(21)18(19-12(22)9-11-7-5-4-6-8-11)15(25)20-13(14(23)24)17(2,3)26-16(18)20/h4-8,13,16H,9H2,1-3H3,(H,19,22)(H,23,24)/t13-,16+,18?/m0/s1. The minimum Gasteiger partial charge on any atom is -0.480 e. The average molecular weight is 376 g/mol. The van der Waals surface area contributed by atoms with Crippen molar-refractivity contribution in [1.29, 1.82) is 0 Å². The van der Waals surface area contributed by atoms with Gasteiger partial charge >= 0.3 is 5.97 Å². The first-order chi connectivity index (χ1) is 12.1. The van der Waals surface area contributed by atoms with Crippen LogP contribution in [0.2, 0.25) is 0 Å². The number of amides is 2. The van der Waals surface area contributed by atoms with Crippen molar-refractivity contribution in [2.24, 2.45) is 0 Å². The van der Waals surface area contributed by atoms with Crippen LogP contribution in [0.3, 0.4) is 0 Å². The molecular weight excluding hydrogens is 356 g/mol. The number of nitrogens with zero attached hydrogens (tertiary/aromatic N) is 1. The highest BCUT2D eigenvalue weighted by Crippen LogP contribution is 2.55. The molecule has 1 aromatic carbocycles. The van der Waals surface area contributed by atoms with Crippen molar-refractivity contribution < 1.29 is 24.3 Å². The second-order valence-corrected chi connectivity index (χ2v) is 8.84. The first-order valence-electron chi connectivity index (χ1n) is 8.20. The molecule has 0 saturated carbocycles. The molecule has 0 spiro atoms. The Morgan fingerprint density at radius 3 is 2.38 bits per heavy atom. The zero-order valence-electron chi connectivity index (χ0n) is 14.7. The van der Waals surface area contributed by atoms with Gasteiger partial charge in [-0.3, -0.25) is 14.4 Å². The van der Waals surface area contributed by atoms with Gasteiger partial charge in [-0.25, -0.2) is 4.79 Å². The molecule has 1 unspecified atom stereocenters. The van der Waals surface area contributed by atoms with E-state index in [4.69, 9.17) is 0 Å². The number of aliphatic carboxylic acids is 1. The fraction of sp³-hybridized carbons (Fsp3) is 0.444. The molecule has 0 bridgehead atoms. The molecule has 2 saturated heterocycles. The second kappa shape index (κ2) is 6.12. The number of ketones is 1. The molecule has 0 aliphatic carbocycles. The Hall–Kier alpha value is -2.35. The van der Waals surface area contributed by atoms with E-state index in [1.165, 1.54) is 23.6 Å². The Balaban J connectivity index is 1.86. The highest BCUT2D eigenvalue weighted by molar-refractivity contribution is 8.01. The van der Waals surface area contributed by atoms with Gasteiger partial charge in [0.25, 0.3) is 5.91 Å². The predicted octanol–water partition coefficient (Wildman–Crippen LogP) is 0.820. The van der Waals surface area contributed by atoms with Crippen molar-refractivity contribution in [2.45, 2.75) is 48.9 Å². The summed E-state index contributed by atoms with van der Waals surface area (Å²) >= 11 is 1.23. The van der Waals surface area contributed by atoms with Crippen LogP contribution in [0, 0.1) is 0 Å². The molecule has 2 aliphatic rings. The van der Waals surface area contributed by atoms with Crippen molar-refractivity contribution in [3.63, 3.8) is 0 Å². The topological polar surface area (TPSA) is 104 Å². The van der Waals surface area contributed by atoms with E-state index in [0.717, 1.165) is 5.56 Å². The molecule has 7 nitrogen and oxygen atoms in total. The summed E-state index contributed by atoms with van der Waals surface area (Å²) in [5.41, 5.74) is -0.937. The highest BCUT2D eigenvalue weighted by atomic mass is 32.2. The van der Waals surface area contributed by atoms with Crippen LogP contribution in [0.25, 0.3) is 0 Å². The maximum atomic E-state index is 12.8. The number of carbonyl (C=O) groups is 4. The lowest BCUT2D eigenvalue weighted by molar-refractivity contribution is -0.172. The Bertz CT molecular complexity index is 794. The van der Waals surface area contributed by atoms with E-state index >= 15 is 0 Å². The third-order valence-corrected chi connectivity index (χ3v) is 6.51. The average Bonchev–Trinajstić information content (AvgIpc) is 2.82. The molecule has 2 heterocycles. The number of hydrogen-bond acceptors (Lipinski definition) is 5. The van der Waals surface area contributed by atoms with Gasteiger partial charge in [0.2, 0.25) is 11.4 Å². The fourth-order valence-corrected chi connectivity index (χ4v) is 5.38. The van der Waals surface area contributed by atoms with Crippen LogP contribution in [0.4, 0.5) is 0 Å². The molecule has 2 amide bonds. The smallest absolute Gasteiger partial charge is 0.327 e.